The fraction of sp³-hybridized carbons (Fsp3) is 0.500. The Balaban J connectivity index is 2.14. The summed E-state index contributed by atoms with van der Waals surface area (Å²) in [6.07, 6.45) is 3.29. The monoisotopic (exact) mass is 277 g/mol. The van der Waals surface area contributed by atoms with Gasteiger partial charge in [-0.2, -0.15) is 0 Å². The normalized spacial score (nSPS) is 16.9. The third-order valence-electron chi connectivity index (χ3n) is 3.86. The molecule has 0 spiro atoms. The zero-order valence-corrected chi connectivity index (χ0v) is 11.5. The molecule has 0 aromatic heterocycles. The van der Waals surface area contributed by atoms with E-state index in [1.54, 1.807) is 25.2 Å². The molecule has 0 unspecified atom stereocenters. The molecule has 0 aliphatic heterocycles. The number of para-hydroxylation sites is 1. The van der Waals surface area contributed by atoms with Crippen LogP contribution in [-0.2, 0) is 11.3 Å². The van der Waals surface area contributed by atoms with E-state index in [-0.39, 0.29) is 18.1 Å². The fourth-order valence-corrected chi connectivity index (χ4v) is 2.75. The lowest BCUT2D eigenvalue weighted by molar-refractivity contribution is -0.385. The molecule has 1 aliphatic carbocycles. The van der Waals surface area contributed by atoms with Gasteiger partial charge in [-0.15, -0.1) is 0 Å². The Hall–Kier alpha value is -1.95. The van der Waals surface area contributed by atoms with Gasteiger partial charge in [-0.25, -0.2) is 0 Å². The van der Waals surface area contributed by atoms with Gasteiger partial charge in [-0.1, -0.05) is 31.0 Å². The van der Waals surface area contributed by atoms with Crippen LogP contribution in [0.3, 0.4) is 0 Å². The highest BCUT2D eigenvalue weighted by Crippen LogP contribution is 2.29. The van der Waals surface area contributed by atoms with E-state index in [9.17, 15) is 14.9 Å². The summed E-state index contributed by atoms with van der Waals surface area (Å²) in [6.45, 7) is 0.203. The second-order valence-corrected chi connectivity index (χ2v) is 5.41. The van der Waals surface area contributed by atoms with Crippen molar-refractivity contribution in [3.8, 4) is 0 Å². The van der Waals surface area contributed by atoms with Crippen molar-refractivity contribution in [3.63, 3.8) is 0 Å². The van der Waals surface area contributed by atoms with E-state index in [1.165, 1.54) is 11.0 Å². The van der Waals surface area contributed by atoms with E-state index in [0.717, 1.165) is 12.8 Å². The third-order valence-corrected chi connectivity index (χ3v) is 3.86. The molecule has 2 rings (SSSR count). The van der Waals surface area contributed by atoms with Gasteiger partial charge in [0.2, 0.25) is 5.91 Å². The molecular formula is C14H19N3O3. The number of carbonyl (C=O) groups is 1. The van der Waals surface area contributed by atoms with Gasteiger partial charge in [0.25, 0.3) is 5.69 Å². The summed E-state index contributed by atoms with van der Waals surface area (Å²) in [5.74, 6) is -0.131. The highest BCUT2D eigenvalue weighted by Gasteiger charge is 2.39. The van der Waals surface area contributed by atoms with Gasteiger partial charge < -0.3 is 10.6 Å². The van der Waals surface area contributed by atoms with Crippen LogP contribution in [0.25, 0.3) is 0 Å². The zero-order valence-electron chi connectivity index (χ0n) is 11.5. The Labute approximate surface area is 117 Å². The predicted molar refractivity (Wildman–Crippen MR) is 75.0 cm³/mol. The van der Waals surface area contributed by atoms with Gasteiger partial charge in [0.05, 0.1) is 17.0 Å². The molecule has 0 atom stereocenters. The molecule has 1 aliphatic rings. The van der Waals surface area contributed by atoms with Crippen molar-refractivity contribution in [2.24, 2.45) is 5.73 Å². The highest BCUT2D eigenvalue weighted by molar-refractivity contribution is 5.86. The Kier molecular flexibility index (Phi) is 4.04. The maximum absolute atomic E-state index is 12.4. The summed E-state index contributed by atoms with van der Waals surface area (Å²) < 4.78 is 0. The van der Waals surface area contributed by atoms with E-state index >= 15 is 0 Å². The van der Waals surface area contributed by atoms with Gasteiger partial charge in [0.15, 0.2) is 0 Å². The fourth-order valence-electron chi connectivity index (χ4n) is 2.75. The third kappa shape index (κ3) is 2.80. The van der Waals surface area contributed by atoms with Crippen LogP contribution in [0.2, 0.25) is 0 Å². The SMILES string of the molecule is CN(Cc1ccccc1[N+](=O)[O-])C(=O)C1(N)CCCC1. The van der Waals surface area contributed by atoms with Crippen molar-refractivity contribution >= 4 is 11.6 Å². The van der Waals surface area contributed by atoms with Crippen LogP contribution in [0.4, 0.5) is 5.69 Å². The van der Waals surface area contributed by atoms with Crippen LogP contribution in [0.5, 0.6) is 0 Å². The minimum atomic E-state index is -0.793. The molecule has 2 N–H and O–H groups in total. The summed E-state index contributed by atoms with van der Waals surface area (Å²) in [5, 5.41) is 11.0. The number of hydrogen-bond acceptors (Lipinski definition) is 4. The quantitative estimate of drug-likeness (QED) is 0.671. The Morgan fingerprint density at radius 1 is 1.40 bits per heavy atom. The maximum atomic E-state index is 12.4. The van der Waals surface area contributed by atoms with Crippen molar-refractivity contribution < 1.29 is 9.72 Å². The van der Waals surface area contributed by atoms with Crippen LogP contribution in [0, 0.1) is 10.1 Å². The first-order valence-electron chi connectivity index (χ1n) is 6.71. The molecule has 108 valence electrons. The van der Waals surface area contributed by atoms with E-state index < -0.39 is 10.5 Å². The summed E-state index contributed by atoms with van der Waals surface area (Å²) in [5.41, 5.74) is 5.89. The van der Waals surface area contributed by atoms with Crippen LogP contribution < -0.4 is 5.73 Å². The van der Waals surface area contributed by atoms with Crippen molar-refractivity contribution in [1.82, 2.24) is 4.90 Å². The molecule has 1 saturated carbocycles. The number of nitrogens with zero attached hydrogens (tertiary/aromatic N) is 2. The molecular weight excluding hydrogens is 258 g/mol. The van der Waals surface area contributed by atoms with Gasteiger partial charge in [0.1, 0.15) is 0 Å². The smallest absolute Gasteiger partial charge is 0.274 e. The number of likely N-dealkylation sites (N-methyl/N-ethyl adjacent to an activating group) is 1. The van der Waals surface area contributed by atoms with Gasteiger partial charge in [0, 0.05) is 18.7 Å². The standard InChI is InChI=1S/C14H19N3O3/c1-16(13(18)14(15)8-4-5-9-14)10-11-6-2-3-7-12(11)17(19)20/h2-3,6-7H,4-5,8-10,15H2,1H3. The topological polar surface area (TPSA) is 89.5 Å². The largest absolute Gasteiger partial charge is 0.340 e. The lowest BCUT2D eigenvalue weighted by Gasteiger charge is -2.28. The summed E-state index contributed by atoms with van der Waals surface area (Å²) in [7, 11) is 1.64. The van der Waals surface area contributed by atoms with E-state index in [2.05, 4.69) is 0 Å². The molecule has 1 aromatic carbocycles. The Morgan fingerprint density at radius 3 is 2.60 bits per heavy atom. The minimum Gasteiger partial charge on any atom is -0.340 e. The van der Waals surface area contributed by atoms with E-state index in [1.807, 2.05) is 0 Å². The van der Waals surface area contributed by atoms with Crippen LogP contribution in [0.1, 0.15) is 31.2 Å². The highest BCUT2D eigenvalue weighted by atomic mass is 16.6. The number of nitro benzene ring substituents is 1. The number of hydrogen-bond donors (Lipinski definition) is 1. The predicted octanol–water partition coefficient (Wildman–Crippen LogP) is 1.82. The van der Waals surface area contributed by atoms with Gasteiger partial charge >= 0.3 is 0 Å². The number of benzene rings is 1. The lowest BCUT2D eigenvalue weighted by Crippen LogP contribution is -2.52. The van der Waals surface area contributed by atoms with Crippen LogP contribution in [0.15, 0.2) is 24.3 Å². The molecule has 0 bridgehead atoms. The van der Waals surface area contributed by atoms with Crippen molar-refractivity contribution in [1.29, 1.82) is 0 Å². The van der Waals surface area contributed by atoms with Crippen LogP contribution in [-0.4, -0.2) is 28.3 Å². The number of rotatable bonds is 4. The average Bonchev–Trinajstić information content (AvgIpc) is 2.86. The molecule has 0 radical (unpaired) electrons. The molecule has 0 saturated heterocycles. The minimum absolute atomic E-state index is 0.0321. The first-order valence-corrected chi connectivity index (χ1v) is 6.71. The molecule has 20 heavy (non-hydrogen) atoms. The summed E-state index contributed by atoms with van der Waals surface area (Å²) in [4.78, 5) is 24.4. The molecule has 0 heterocycles. The van der Waals surface area contributed by atoms with Crippen molar-refractivity contribution in [3.05, 3.63) is 39.9 Å². The maximum Gasteiger partial charge on any atom is 0.274 e. The number of nitrogens with two attached hydrogens (primary N) is 1. The second kappa shape index (κ2) is 5.58. The number of carbonyl (C=O) groups excluding carboxylic acids is 1. The van der Waals surface area contributed by atoms with Crippen molar-refractivity contribution in [2.45, 2.75) is 37.8 Å². The molecule has 6 heteroatoms. The first kappa shape index (κ1) is 14.5. The molecule has 1 amide bonds. The van der Waals surface area contributed by atoms with Crippen molar-refractivity contribution in [2.75, 3.05) is 7.05 Å². The lowest BCUT2D eigenvalue weighted by atomic mass is 9.97. The van der Waals surface area contributed by atoms with E-state index in [4.69, 9.17) is 5.73 Å². The van der Waals surface area contributed by atoms with E-state index in [0.29, 0.717) is 18.4 Å². The molecule has 6 nitrogen and oxygen atoms in total. The van der Waals surface area contributed by atoms with Gasteiger partial charge in [-0.05, 0) is 12.8 Å². The molecule has 1 aromatic rings. The Morgan fingerprint density at radius 2 is 2.00 bits per heavy atom. The second-order valence-electron chi connectivity index (χ2n) is 5.41. The number of nitro groups is 1. The van der Waals surface area contributed by atoms with Crippen LogP contribution >= 0.6 is 0 Å². The number of amides is 1. The summed E-state index contributed by atoms with van der Waals surface area (Å²) >= 11 is 0. The first-order chi connectivity index (χ1) is 9.44. The molecule has 1 fully saturated rings. The zero-order chi connectivity index (χ0) is 14.8. The van der Waals surface area contributed by atoms with Gasteiger partial charge in [-0.3, -0.25) is 14.9 Å². The Bertz CT molecular complexity index is 524. The average molecular weight is 277 g/mol. The summed E-state index contributed by atoms with van der Waals surface area (Å²) in [6, 6.07) is 6.46.